The van der Waals surface area contributed by atoms with Crippen LogP contribution >= 0.6 is 0 Å². The van der Waals surface area contributed by atoms with Gasteiger partial charge in [-0.05, 0) is 30.2 Å². The summed E-state index contributed by atoms with van der Waals surface area (Å²) in [7, 11) is 2.89. The molecule has 33 heavy (non-hydrogen) atoms. The number of nitrogens with one attached hydrogen (secondary N) is 1. The number of alkyl halides is 3. The summed E-state index contributed by atoms with van der Waals surface area (Å²) in [5.74, 6) is 0.418. The second kappa shape index (κ2) is 9.68. The van der Waals surface area contributed by atoms with Crippen molar-refractivity contribution in [3.63, 3.8) is 0 Å². The smallest absolute Gasteiger partial charge is 0.420 e. The predicted molar refractivity (Wildman–Crippen MR) is 117 cm³/mol. The zero-order chi connectivity index (χ0) is 24.2. The maximum Gasteiger partial charge on any atom is 0.420 e. The fourth-order valence-electron chi connectivity index (χ4n) is 3.22. The molecule has 0 saturated carbocycles. The van der Waals surface area contributed by atoms with Gasteiger partial charge in [-0.2, -0.15) is 13.2 Å². The van der Waals surface area contributed by atoms with E-state index in [9.17, 15) is 23.3 Å². The van der Waals surface area contributed by atoms with Crippen molar-refractivity contribution in [2.75, 3.05) is 19.5 Å². The molecule has 0 spiro atoms. The van der Waals surface area contributed by atoms with Gasteiger partial charge in [0, 0.05) is 18.2 Å². The largest absolute Gasteiger partial charge is 0.496 e. The minimum absolute atomic E-state index is 0.151. The van der Waals surface area contributed by atoms with E-state index in [0.29, 0.717) is 29.7 Å². The number of hydrogen-bond donors (Lipinski definition) is 1. The van der Waals surface area contributed by atoms with Crippen molar-refractivity contribution >= 4 is 17.1 Å². The highest BCUT2D eigenvalue weighted by Crippen LogP contribution is 2.45. The first-order valence-electron chi connectivity index (χ1n) is 9.82. The van der Waals surface area contributed by atoms with Gasteiger partial charge < -0.3 is 19.5 Å². The molecule has 0 aliphatic heterocycles. The third kappa shape index (κ3) is 5.28. The van der Waals surface area contributed by atoms with Crippen molar-refractivity contribution in [3.8, 4) is 23.0 Å². The summed E-state index contributed by atoms with van der Waals surface area (Å²) in [4.78, 5) is 10.8. The van der Waals surface area contributed by atoms with Gasteiger partial charge in [0.1, 0.15) is 34.2 Å². The molecule has 3 rings (SSSR count). The number of benzene rings is 3. The monoisotopic (exact) mass is 462 g/mol. The standard InChI is InChI=1S/C23H21F3N2O5/c1-4-14-10-18(22(32-3)13-20(14)31-2)27-17-12-21(33-15-8-6-5-7-9-15)16(23(24,25)26)11-19(17)28(29)30/h5-13,27H,4H2,1-3H3. The van der Waals surface area contributed by atoms with E-state index in [-0.39, 0.29) is 11.4 Å². The number of hydrogen-bond acceptors (Lipinski definition) is 6. The molecule has 0 aliphatic carbocycles. The molecule has 0 saturated heterocycles. The molecule has 174 valence electrons. The minimum Gasteiger partial charge on any atom is -0.496 e. The van der Waals surface area contributed by atoms with E-state index in [2.05, 4.69) is 5.32 Å². The van der Waals surface area contributed by atoms with Crippen LogP contribution in [0, 0.1) is 10.1 Å². The summed E-state index contributed by atoms with van der Waals surface area (Å²) in [6.07, 6.45) is -4.29. The Morgan fingerprint density at radius 1 is 0.939 bits per heavy atom. The van der Waals surface area contributed by atoms with Crippen LogP contribution in [0.25, 0.3) is 0 Å². The summed E-state index contributed by atoms with van der Waals surface area (Å²) in [6, 6.07) is 12.5. The Hall–Kier alpha value is -3.95. The fourth-order valence-corrected chi connectivity index (χ4v) is 3.22. The Labute approximate surface area is 187 Å². The average molecular weight is 462 g/mol. The van der Waals surface area contributed by atoms with E-state index in [1.54, 1.807) is 30.3 Å². The van der Waals surface area contributed by atoms with Crippen molar-refractivity contribution in [1.29, 1.82) is 0 Å². The van der Waals surface area contributed by atoms with Crippen LogP contribution in [0.3, 0.4) is 0 Å². The number of methoxy groups -OCH3 is 2. The molecular formula is C23H21F3N2O5. The quantitative estimate of drug-likeness (QED) is 0.295. The number of rotatable bonds is 8. The Morgan fingerprint density at radius 2 is 1.61 bits per heavy atom. The van der Waals surface area contributed by atoms with Crippen LogP contribution in [0.1, 0.15) is 18.1 Å². The van der Waals surface area contributed by atoms with Crippen molar-refractivity contribution in [3.05, 3.63) is 75.8 Å². The number of nitro groups is 1. The van der Waals surface area contributed by atoms with Crippen LogP contribution in [0.15, 0.2) is 54.6 Å². The van der Waals surface area contributed by atoms with Gasteiger partial charge in [0.25, 0.3) is 5.69 Å². The topological polar surface area (TPSA) is 82.9 Å². The molecule has 1 N–H and O–H groups in total. The number of ether oxygens (including phenoxy) is 3. The zero-order valence-corrected chi connectivity index (χ0v) is 18.0. The van der Waals surface area contributed by atoms with Crippen LogP contribution in [0.2, 0.25) is 0 Å². The Kier molecular flexibility index (Phi) is 6.95. The first-order chi connectivity index (χ1) is 15.7. The average Bonchev–Trinajstić information content (AvgIpc) is 2.78. The first kappa shape index (κ1) is 23.7. The van der Waals surface area contributed by atoms with Crippen LogP contribution in [-0.2, 0) is 12.6 Å². The second-order valence-corrected chi connectivity index (χ2v) is 6.88. The lowest BCUT2D eigenvalue weighted by molar-refractivity contribution is -0.384. The first-order valence-corrected chi connectivity index (χ1v) is 9.82. The van der Waals surface area contributed by atoms with Gasteiger partial charge in [-0.1, -0.05) is 25.1 Å². The molecule has 3 aromatic rings. The highest BCUT2D eigenvalue weighted by atomic mass is 19.4. The predicted octanol–water partition coefficient (Wildman–Crippen LogP) is 6.73. The molecule has 3 aromatic carbocycles. The van der Waals surface area contributed by atoms with Gasteiger partial charge in [0.2, 0.25) is 0 Å². The Morgan fingerprint density at radius 3 is 2.15 bits per heavy atom. The maximum atomic E-state index is 13.7. The van der Waals surface area contributed by atoms with Crippen molar-refractivity contribution in [2.45, 2.75) is 19.5 Å². The molecule has 7 nitrogen and oxygen atoms in total. The lowest BCUT2D eigenvalue weighted by Gasteiger charge is -2.18. The summed E-state index contributed by atoms with van der Waals surface area (Å²) in [5.41, 5.74) is -1.12. The van der Waals surface area contributed by atoms with Crippen molar-refractivity contribution < 1.29 is 32.3 Å². The van der Waals surface area contributed by atoms with Crippen LogP contribution in [0.4, 0.5) is 30.2 Å². The Bertz CT molecular complexity index is 1150. The zero-order valence-electron chi connectivity index (χ0n) is 18.0. The third-order valence-electron chi connectivity index (χ3n) is 4.82. The number of halogens is 3. The highest BCUT2D eigenvalue weighted by molar-refractivity contribution is 5.77. The number of nitrogens with zero attached hydrogens (tertiary/aromatic N) is 1. The molecule has 10 heteroatoms. The van der Waals surface area contributed by atoms with Gasteiger partial charge in [-0.25, -0.2) is 0 Å². The van der Waals surface area contributed by atoms with E-state index in [0.717, 1.165) is 11.6 Å². The van der Waals surface area contributed by atoms with Crippen molar-refractivity contribution in [2.24, 2.45) is 0 Å². The Balaban J connectivity index is 2.17. The SMILES string of the molecule is CCc1cc(Nc2cc(Oc3ccccc3)c(C(F)(F)F)cc2[N+](=O)[O-])c(OC)cc1OC. The number of aryl methyl sites for hydroxylation is 1. The van der Waals surface area contributed by atoms with Crippen LogP contribution in [-0.4, -0.2) is 19.1 Å². The van der Waals surface area contributed by atoms with Gasteiger partial charge in [-0.3, -0.25) is 10.1 Å². The molecule has 0 unspecified atom stereocenters. The highest BCUT2D eigenvalue weighted by Gasteiger charge is 2.38. The second-order valence-electron chi connectivity index (χ2n) is 6.88. The molecule has 0 amide bonds. The van der Waals surface area contributed by atoms with Crippen LogP contribution < -0.4 is 19.5 Å². The summed E-state index contributed by atoms with van der Waals surface area (Å²) >= 11 is 0. The van der Waals surface area contributed by atoms with Gasteiger partial charge >= 0.3 is 6.18 Å². The molecular weight excluding hydrogens is 441 g/mol. The third-order valence-corrected chi connectivity index (χ3v) is 4.82. The summed E-state index contributed by atoms with van der Waals surface area (Å²) < 4.78 is 57.2. The summed E-state index contributed by atoms with van der Waals surface area (Å²) in [6.45, 7) is 1.89. The van der Waals surface area contributed by atoms with E-state index in [4.69, 9.17) is 14.2 Å². The van der Waals surface area contributed by atoms with E-state index < -0.39 is 28.1 Å². The number of anilines is 2. The lowest BCUT2D eigenvalue weighted by Crippen LogP contribution is -2.10. The summed E-state index contributed by atoms with van der Waals surface area (Å²) in [5, 5.41) is 14.5. The van der Waals surface area contributed by atoms with Gasteiger partial charge in [-0.15, -0.1) is 0 Å². The minimum atomic E-state index is -4.87. The normalized spacial score (nSPS) is 11.1. The molecule has 0 bridgehead atoms. The molecule has 0 aromatic heterocycles. The molecule has 0 atom stereocenters. The molecule has 0 fully saturated rings. The molecule has 0 aliphatic rings. The number of para-hydroxylation sites is 1. The number of nitro benzene ring substituents is 1. The van der Waals surface area contributed by atoms with E-state index >= 15 is 0 Å². The lowest BCUT2D eigenvalue weighted by atomic mass is 10.1. The molecule has 0 heterocycles. The maximum absolute atomic E-state index is 13.7. The van der Waals surface area contributed by atoms with E-state index in [1.165, 1.54) is 26.4 Å². The van der Waals surface area contributed by atoms with E-state index in [1.807, 2.05) is 6.92 Å². The van der Waals surface area contributed by atoms with Gasteiger partial charge in [0.05, 0.1) is 24.8 Å². The fraction of sp³-hybridized carbons (Fsp3) is 0.217. The van der Waals surface area contributed by atoms with Crippen molar-refractivity contribution in [1.82, 2.24) is 0 Å². The molecule has 0 radical (unpaired) electrons. The van der Waals surface area contributed by atoms with Gasteiger partial charge in [0.15, 0.2) is 0 Å². The van der Waals surface area contributed by atoms with Crippen LogP contribution in [0.5, 0.6) is 23.0 Å².